The first-order valence-electron chi connectivity index (χ1n) is 4.71. The highest BCUT2D eigenvalue weighted by Crippen LogP contribution is 1.98. The van der Waals surface area contributed by atoms with Crippen molar-refractivity contribution in [3.8, 4) is 0 Å². The largest absolute Gasteiger partial charge is 0.480 e. The maximum absolute atomic E-state index is 10.1. The molecule has 0 fully saturated rings. The van der Waals surface area contributed by atoms with E-state index in [1.165, 1.54) is 5.56 Å². The Bertz CT molecular complexity index is 336. The lowest BCUT2D eigenvalue weighted by atomic mass is 10.2. The molecule has 0 heterocycles. The zero-order valence-corrected chi connectivity index (χ0v) is 9.09. The number of carboxylic acid groups (broad SMARTS) is 1. The van der Waals surface area contributed by atoms with Crippen molar-refractivity contribution in [2.45, 2.75) is 13.0 Å². The molecule has 1 unspecified atom stereocenters. The van der Waals surface area contributed by atoms with Crippen molar-refractivity contribution < 1.29 is 14.7 Å². The number of carboxylic acids is 1. The number of hydrogen-bond donors (Lipinski definition) is 3. The van der Waals surface area contributed by atoms with Crippen LogP contribution in [0.4, 0.5) is 0 Å². The van der Waals surface area contributed by atoms with E-state index in [2.05, 4.69) is 0 Å². The SMILES string of the molecule is Cc1ccc(C=O)cc1.NCC(N)C(=O)O. The Balaban J connectivity index is 0.000000293. The lowest BCUT2D eigenvalue weighted by Gasteiger charge is -1.97. The van der Waals surface area contributed by atoms with Crippen molar-refractivity contribution in [1.82, 2.24) is 0 Å². The quantitative estimate of drug-likeness (QED) is 0.634. The van der Waals surface area contributed by atoms with Crippen molar-refractivity contribution >= 4 is 12.3 Å². The summed E-state index contributed by atoms with van der Waals surface area (Å²) in [6.07, 6.45) is 0.847. The number of benzene rings is 1. The zero-order chi connectivity index (χ0) is 12.6. The van der Waals surface area contributed by atoms with Gasteiger partial charge in [0, 0.05) is 12.1 Å². The molecule has 1 aromatic rings. The van der Waals surface area contributed by atoms with Crippen LogP contribution in [0.25, 0.3) is 0 Å². The molecule has 5 nitrogen and oxygen atoms in total. The number of nitrogens with two attached hydrogens (primary N) is 2. The highest BCUT2D eigenvalue weighted by Gasteiger charge is 2.05. The van der Waals surface area contributed by atoms with Crippen molar-refractivity contribution in [2.75, 3.05) is 6.54 Å². The fraction of sp³-hybridized carbons (Fsp3) is 0.273. The second kappa shape index (κ2) is 7.56. The summed E-state index contributed by atoms with van der Waals surface area (Å²) in [5.41, 5.74) is 11.7. The van der Waals surface area contributed by atoms with Crippen LogP contribution in [0.2, 0.25) is 0 Å². The minimum absolute atomic E-state index is 0.00463. The first-order valence-corrected chi connectivity index (χ1v) is 4.71. The summed E-state index contributed by atoms with van der Waals surface area (Å²) < 4.78 is 0. The molecule has 0 saturated heterocycles. The van der Waals surface area contributed by atoms with Crippen molar-refractivity contribution in [3.63, 3.8) is 0 Å². The molecule has 0 aromatic heterocycles. The van der Waals surface area contributed by atoms with E-state index in [0.717, 1.165) is 11.8 Å². The van der Waals surface area contributed by atoms with Crippen LogP contribution in [0.1, 0.15) is 15.9 Å². The van der Waals surface area contributed by atoms with Gasteiger partial charge in [-0.05, 0) is 6.92 Å². The van der Waals surface area contributed by atoms with Crippen LogP contribution in [-0.2, 0) is 4.79 Å². The Kier molecular flexibility index (Phi) is 6.74. The zero-order valence-electron chi connectivity index (χ0n) is 9.09. The molecule has 1 aromatic carbocycles. The van der Waals surface area contributed by atoms with E-state index in [9.17, 15) is 9.59 Å². The molecule has 0 amide bonds. The Labute approximate surface area is 94.1 Å². The van der Waals surface area contributed by atoms with Gasteiger partial charge in [-0.15, -0.1) is 0 Å². The van der Waals surface area contributed by atoms with Crippen LogP contribution in [0.3, 0.4) is 0 Å². The monoisotopic (exact) mass is 224 g/mol. The lowest BCUT2D eigenvalue weighted by Crippen LogP contribution is -2.37. The summed E-state index contributed by atoms with van der Waals surface area (Å²) in [5, 5.41) is 7.98. The van der Waals surface area contributed by atoms with Crippen LogP contribution in [0.15, 0.2) is 24.3 Å². The summed E-state index contributed by atoms with van der Waals surface area (Å²) >= 11 is 0. The molecule has 5 heteroatoms. The van der Waals surface area contributed by atoms with Crippen molar-refractivity contribution in [2.24, 2.45) is 11.5 Å². The van der Waals surface area contributed by atoms with Crippen LogP contribution in [0.5, 0.6) is 0 Å². The molecular weight excluding hydrogens is 208 g/mol. The van der Waals surface area contributed by atoms with Gasteiger partial charge < -0.3 is 16.6 Å². The Morgan fingerprint density at radius 2 is 1.94 bits per heavy atom. The van der Waals surface area contributed by atoms with Crippen molar-refractivity contribution in [3.05, 3.63) is 35.4 Å². The second-order valence-corrected chi connectivity index (χ2v) is 3.21. The average molecular weight is 224 g/mol. The summed E-state index contributed by atoms with van der Waals surface area (Å²) in [6.45, 7) is 1.99. The van der Waals surface area contributed by atoms with Gasteiger partial charge in [-0.3, -0.25) is 9.59 Å². The number of carbonyl (C=O) groups is 2. The van der Waals surface area contributed by atoms with Crippen molar-refractivity contribution in [1.29, 1.82) is 0 Å². The number of rotatable bonds is 3. The van der Waals surface area contributed by atoms with Crippen LogP contribution < -0.4 is 11.5 Å². The molecule has 0 saturated carbocycles. The first kappa shape index (κ1) is 14.3. The Morgan fingerprint density at radius 3 is 2.19 bits per heavy atom. The highest BCUT2D eigenvalue weighted by molar-refractivity contribution is 5.74. The fourth-order valence-electron chi connectivity index (χ4n) is 0.746. The van der Waals surface area contributed by atoms with Gasteiger partial charge in [-0.1, -0.05) is 29.8 Å². The standard InChI is InChI=1S/C8H8O.C3H8N2O2/c1-7-2-4-8(6-9)5-3-7;4-1-2(5)3(6)7/h2-6H,1H3;2H,1,4-5H2,(H,6,7). The number of carbonyl (C=O) groups excluding carboxylic acids is 1. The third-order valence-corrected chi connectivity index (χ3v) is 1.78. The summed E-state index contributed by atoms with van der Waals surface area (Å²) in [5.74, 6) is -1.05. The number of aldehydes is 1. The van der Waals surface area contributed by atoms with Gasteiger partial charge in [0.1, 0.15) is 12.3 Å². The van der Waals surface area contributed by atoms with E-state index in [0.29, 0.717) is 0 Å². The molecule has 0 radical (unpaired) electrons. The van der Waals surface area contributed by atoms with Gasteiger partial charge in [-0.25, -0.2) is 0 Å². The first-order chi connectivity index (χ1) is 7.51. The number of aliphatic carboxylic acids is 1. The molecule has 0 aliphatic heterocycles. The molecule has 16 heavy (non-hydrogen) atoms. The Hall–Kier alpha value is -1.72. The second-order valence-electron chi connectivity index (χ2n) is 3.21. The molecule has 1 atom stereocenters. The minimum Gasteiger partial charge on any atom is -0.480 e. The minimum atomic E-state index is -1.05. The Morgan fingerprint density at radius 1 is 1.44 bits per heavy atom. The number of aryl methyl sites for hydroxylation is 1. The molecule has 88 valence electrons. The van der Waals surface area contributed by atoms with Gasteiger partial charge in [0.2, 0.25) is 0 Å². The molecule has 0 aliphatic rings. The van der Waals surface area contributed by atoms with Gasteiger partial charge in [0.25, 0.3) is 0 Å². The number of hydrogen-bond acceptors (Lipinski definition) is 4. The van der Waals surface area contributed by atoms with Crippen LogP contribution in [0, 0.1) is 6.92 Å². The van der Waals surface area contributed by atoms with Gasteiger partial charge in [0.05, 0.1) is 0 Å². The van der Waals surface area contributed by atoms with Crippen LogP contribution in [-0.4, -0.2) is 29.9 Å². The fourth-order valence-corrected chi connectivity index (χ4v) is 0.746. The van der Waals surface area contributed by atoms with E-state index in [-0.39, 0.29) is 6.54 Å². The summed E-state index contributed by atoms with van der Waals surface area (Å²) in [7, 11) is 0. The maximum Gasteiger partial charge on any atom is 0.321 e. The molecule has 0 aliphatic carbocycles. The average Bonchev–Trinajstić information content (AvgIpc) is 2.29. The summed E-state index contributed by atoms with van der Waals surface area (Å²) in [6, 6.07) is 6.55. The van der Waals surface area contributed by atoms with Crippen LogP contribution >= 0.6 is 0 Å². The van der Waals surface area contributed by atoms with Gasteiger partial charge in [-0.2, -0.15) is 0 Å². The predicted octanol–water partition coefficient (Wildman–Crippen LogP) is 0.165. The molecule has 0 spiro atoms. The van der Waals surface area contributed by atoms with E-state index in [4.69, 9.17) is 16.6 Å². The third kappa shape index (κ3) is 5.90. The third-order valence-electron chi connectivity index (χ3n) is 1.78. The molecule has 5 N–H and O–H groups in total. The van der Waals surface area contributed by atoms with Gasteiger partial charge >= 0.3 is 5.97 Å². The van der Waals surface area contributed by atoms with E-state index >= 15 is 0 Å². The smallest absolute Gasteiger partial charge is 0.321 e. The lowest BCUT2D eigenvalue weighted by molar-refractivity contribution is -0.138. The maximum atomic E-state index is 10.1. The van der Waals surface area contributed by atoms with E-state index < -0.39 is 12.0 Å². The summed E-state index contributed by atoms with van der Waals surface area (Å²) in [4.78, 5) is 19.8. The topological polar surface area (TPSA) is 106 Å². The predicted molar refractivity (Wildman–Crippen MR) is 61.2 cm³/mol. The van der Waals surface area contributed by atoms with Gasteiger partial charge in [0.15, 0.2) is 0 Å². The van der Waals surface area contributed by atoms with E-state index in [1.54, 1.807) is 0 Å². The highest BCUT2D eigenvalue weighted by atomic mass is 16.4. The molecule has 1 rings (SSSR count). The molecular formula is C11H16N2O3. The normalized spacial score (nSPS) is 10.9. The molecule has 0 bridgehead atoms. The van der Waals surface area contributed by atoms with E-state index in [1.807, 2.05) is 31.2 Å².